The van der Waals surface area contributed by atoms with E-state index in [-0.39, 0.29) is 61.2 Å². The standard InChI is InChI=1S/C21H30FN5O3.ClH/c1-13(2)25-21(30)26-10-9-16-7-8-18(27(16)20(29)17(23)12-26)19(28)24-11-14-3-5-15(22)6-4-14;/h3-6,13,16-18H,7-12,23H2,1-2H3,(H,24,28)(H,25,30);1H/t16-,17+,18+;/m1./s1. The third-order valence-corrected chi connectivity index (χ3v) is 5.61. The predicted octanol–water partition coefficient (Wildman–Crippen LogP) is 1.37. The van der Waals surface area contributed by atoms with Crippen LogP contribution in [0, 0.1) is 5.82 Å². The quantitative estimate of drug-likeness (QED) is 0.637. The summed E-state index contributed by atoms with van der Waals surface area (Å²) >= 11 is 0. The molecule has 0 unspecified atom stereocenters. The number of hydrogen-bond donors (Lipinski definition) is 3. The molecule has 0 aliphatic carbocycles. The second-order valence-electron chi connectivity index (χ2n) is 8.28. The van der Waals surface area contributed by atoms with E-state index < -0.39 is 12.1 Å². The minimum Gasteiger partial charge on any atom is -0.350 e. The van der Waals surface area contributed by atoms with Crippen LogP contribution in [0.15, 0.2) is 24.3 Å². The highest BCUT2D eigenvalue weighted by molar-refractivity contribution is 5.91. The summed E-state index contributed by atoms with van der Waals surface area (Å²) in [6.07, 6.45) is 1.84. The second-order valence-corrected chi connectivity index (χ2v) is 8.28. The third-order valence-electron chi connectivity index (χ3n) is 5.61. The summed E-state index contributed by atoms with van der Waals surface area (Å²) in [5.41, 5.74) is 6.90. The van der Waals surface area contributed by atoms with Crippen molar-refractivity contribution in [2.75, 3.05) is 13.1 Å². The molecule has 3 rings (SSSR count). The lowest BCUT2D eigenvalue weighted by Gasteiger charge is -2.37. The van der Waals surface area contributed by atoms with Crippen molar-refractivity contribution in [1.82, 2.24) is 20.4 Å². The maximum atomic E-state index is 13.0. The molecule has 2 saturated heterocycles. The van der Waals surface area contributed by atoms with E-state index in [1.54, 1.807) is 21.9 Å². The monoisotopic (exact) mass is 455 g/mol. The van der Waals surface area contributed by atoms with Gasteiger partial charge in [0.1, 0.15) is 17.9 Å². The number of hydrogen-bond acceptors (Lipinski definition) is 4. The van der Waals surface area contributed by atoms with Gasteiger partial charge >= 0.3 is 6.03 Å². The van der Waals surface area contributed by atoms with Crippen LogP contribution in [0.1, 0.15) is 38.7 Å². The Morgan fingerprint density at radius 1 is 1.19 bits per heavy atom. The van der Waals surface area contributed by atoms with Gasteiger partial charge in [-0.3, -0.25) is 9.59 Å². The van der Waals surface area contributed by atoms with Crippen LogP contribution in [0.3, 0.4) is 0 Å². The summed E-state index contributed by atoms with van der Waals surface area (Å²) in [6.45, 7) is 4.61. The first kappa shape index (κ1) is 24.9. The minimum absolute atomic E-state index is 0. The van der Waals surface area contributed by atoms with Crippen LogP contribution >= 0.6 is 12.4 Å². The highest BCUT2D eigenvalue weighted by atomic mass is 35.5. The Balaban J connectivity index is 0.00000341. The van der Waals surface area contributed by atoms with E-state index in [1.807, 2.05) is 13.8 Å². The topological polar surface area (TPSA) is 108 Å². The molecule has 2 heterocycles. The molecule has 1 aromatic carbocycles. The summed E-state index contributed by atoms with van der Waals surface area (Å²) in [6, 6.07) is 4.09. The zero-order valence-corrected chi connectivity index (χ0v) is 18.7. The van der Waals surface area contributed by atoms with E-state index in [0.717, 1.165) is 5.56 Å². The largest absolute Gasteiger partial charge is 0.350 e. The molecule has 4 N–H and O–H groups in total. The normalized spacial score (nSPS) is 23.5. The van der Waals surface area contributed by atoms with E-state index in [4.69, 9.17) is 5.73 Å². The fourth-order valence-electron chi connectivity index (χ4n) is 4.09. The summed E-state index contributed by atoms with van der Waals surface area (Å²) in [4.78, 5) is 41.4. The lowest BCUT2D eigenvalue weighted by atomic mass is 10.1. The molecule has 1 aromatic rings. The van der Waals surface area contributed by atoms with Crippen molar-refractivity contribution < 1.29 is 18.8 Å². The summed E-state index contributed by atoms with van der Waals surface area (Å²) in [5.74, 6) is -0.876. The number of rotatable bonds is 4. The van der Waals surface area contributed by atoms with Gasteiger partial charge in [-0.25, -0.2) is 9.18 Å². The second kappa shape index (κ2) is 10.8. The smallest absolute Gasteiger partial charge is 0.317 e. The number of nitrogens with zero attached hydrogens (tertiary/aromatic N) is 2. The average molecular weight is 456 g/mol. The fraction of sp³-hybridized carbons (Fsp3) is 0.571. The van der Waals surface area contributed by atoms with Crippen LogP contribution in [0.5, 0.6) is 0 Å². The van der Waals surface area contributed by atoms with Crippen LogP contribution < -0.4 is 16.4 Å². The Morgan fingerprint density at radius 2 is 1.87 bits per heavy atom. The molecule has 0 saturated carbocycles. The number of amides is 4. The SMILES string of the molecule is CC(C)NC(=O)N1CC[C@H]2CC[C@@H](C(=O)NCc3ccc(F)cc3)N2C(=O)[C@@H](N)C1.Cl. The van der Waals surface area contributed by atoms with Gasteiger partial charge in [-0.05, 0) is 50.8 Å². The molecule has 0 bridgehead atoms. The van der Waals surface area contributed by atoms with Crippen molar-refractivity contribution in [3.05, 3.63) is 35.6 Å². The van der Waals surface area contributed by atoms with Gasteiger partial charge < -0.3 is 26.2 Å². The van der Waals surface area contributed by atoms with E-state index >= 15 is 0 Å². The maximum Gasteiger partial charge on any atom is 0.317 e. The lowest BCUT2D eigenvalue weighted by Crippen LogP contribution is -2.60. The van der Waals surface area contributed by atoms with Crippen LogP contribution in [0.2, 0.25) is 0 Å². The molecule has 8 nitrogen and oxygen atoms in total. The molecule has 0 aromatic heterocycles. The van der Waals surface area contributed by atoms with Gasteiger partial charge in [-0.1, -0.05) is 12.1 Å². The highest BCUT2D eigenvalue weighted by Gasteiger charge is 2.44. The molecule has 2 aliphatic rings. The summed E-state index contributed by atoms with van der Waals surface area (Å²) in [7, 11) is 0. The van der Waals surface area contributed by atoms with E-state index in [1.165, 1.54) is 12.1 Å². The van der Waals surface area contributed by atoms with Crippen LogP contribution in [-0.4, -0.2) is 64.9 Å². The lowest BCUT2D eigenvalue weighted by molar-refractivity contribution is -0.142. The molecule has 0 radical (unpaired) electrons. The van der Waals surface area contributed by atoms with Crippen LogP contribution in [0.25, 0.3) is 0 Å². The van der Waals surface area contributed by atoms with Crippen LogP contribution in [-0.2, 0) is 16.1 Å². The molecule has 172 valence electrons. The molecular weight excluding hydrogens is 425 g/mol. The third kappa shape index (κ3) is 6.07. The zero-order chi connectivity index (χ0) is 21.8. The number of fused-ring (bicyclic) bond motifs is 1. The summed E-state index contributed by atoms with van der Waals surface area (Å²) in [5, 5.41) is 5.68. The molecule has 2 aliphatic heterocycles. The highest BCUT2D eigenvalue weighted by Crippen LogP contribution is 2.29. The summed E-state index contributed by atoms with van der Waals surface area (Å²) < 4.78 is 13.0. The van der Waals surface area contributed by atoms with Crippen LogP contribution in [0.4, 0.5) is 9.18 Å². The zero-order valence-electron chi connectivity index (χ0n) is 17.8. The van der Waals surface area contributed by atoms with E-state index in [9.17, 15) is 18.8 Å². The van der Waals surface area contributed by atoms with Crippen molar-refractivity contribution in [2.24, 2.45) is 5.73 Å². The number of nitrogens with one attached hydrogen (secondary N) is 2. The molecule has 0 spiro atoms. The number of carbonyl (C=O) groups excluding carboxylic acids is 3. The van der Waals surface area contributed by atoms with Gasteiger partial charge in [0.2, 0.25) is 11.8 Å². The number of carbonyl (C=O) groups is 3. The first-order valence-corrected chi connectivity index (χ1v) is 10.4. The van der Waals surface area contributed by atoms with Crippen molar-refractivity contribution in [2.45, 2.75) is 63.8 Å². The van der Waals surface area contributed by atoms with Crippen molar-refractivity contribution in [1.29, 1.82) is 0 Å². The van der Waals surface area contributed by atoms with E-state index in [2.05, 4.69) is 10.6 Å². The molecule has 10 heteroatoms. The number of urea groups is 1. The van der Waals surface area contributed by atoms with Gasteiger partial charge in [0, 0.05) is 31.7 Å². The number of halogens is 2. The molecule has 2 fully saturated rings. The molecule has 31 heavy (non-hydrogen) atoms. The van der Waals surface area contributed by atoms with E-state index in [0.29, 0.717) is 25.8 Å². The predicted molar refractivity (Wildman–Crippen MR) is 117 cm³/mol. The first-order valence-electron chi connectivity index (χ1n) is 10.4. The van der Waals surface area contributed by atoms with Gasteiger partial charge in [0.05, 0.1) is 0 Å². The van der Waals surface area contributed by atoms with Crippen molar-refractivity contribution in [3.63, 3.8) is 0 Å². The van der Waals surface area contributed by atoms with Gasteiger partial charge in [0.25, 0.3) is 0 Å². The van der Waals surface area contributed by atoms with Crippen molar-refractivity contribution in [3.8, 4) is 0 Å². The maximum absolute atomic E-state index is 13.0. The fourth-order valence-corrected chi connectivity index (χ4v) is 4.09. The average Bonchev–Trinajstić information content (AvgIpc) is 3.11. The van der Waals surface area contributed by atoms with Gasteiger partial charge in [-0.15, -0.1) is 12.4 Å². The van der Waals surface area contributed by atoms with Gasteiger partial charge in [-0.2, -0.15) is 0 Å². The molecule has 4 amide bonds. The number of benzene rings is 1. The Hall–Kier alpha value is -2.39. The van der Waals surface area contributed by atoms with Crippen molar-refractivity contribution >= 4 is 30.3 Å². The Labute approximate surface area is 188 Å². The van der Waals surface area contributed by atoms with Gasteiger partial charge in [0.15, 0.2) is 0 Å². The Bertz CT molecular complexity index is 792. The first-order chi connectivity index (χ1) is 14.3. The Kier molecular flexibility index (Phi) is 8.64. The molecule has 3 atom stereocenters. The minimum atomic E-state index is -0.879. The Morgan fingerprint density at radius 3 is 2.52 bits per heavy atom. The number of nitrogens with two attached hydrogens (primary N) is 1. The molecular formula is C21H31ClFN5O3.